The number of sulfonamides is 1. The molecule has 2 aliphatic heterocycles. The van der Waals surface area contributed by atoms with Crippen molar-refractivity contribution in [2.75, 3.05) is 33.4 Å². The van der Waals surface area contributed by atoms with Gasteiger partial charge in [0.1, 0.15) is 5.82 Å². The number of amides is 1. The third kappa shape index (κ3) is 9.31. The fourth-order valence-electron chi connectivity index (χ4n) is 7.28. The van der Waals surface area contributed by atoms with E-state index in [1.165, 1.54) is 35.7 Å². The zero-order valence-electron chi connectivity index (χ0n) is 28.5. The largest absolute Gasteiger partial charge is 0.453 e. The molecule has 4 atom stereocenters. The highest BCUT2D eigenvalue weighted by molar-refractivity contribution is 7.89. The maximum Gasteiger partial charge on any atom is 0.407 e. The number of nitrogens with one attached hydrogen (secondary N) is 2. The van der Waals surface area contributed by atoms with Crippen molar-refractivity contribution >= 4 is 33.5 Å². The molecule has 0 aliphatic carbocycles. The zero-order valence-corrected chi connectivity index (χ0v) is 30.1. The standard InChI is InChI=1S/C37H43ClF3N3O6S/c1-23-21-42-22-29(44(23)51(47,48)30-13-8-26(9-14-30)36(40)41)12-15-31-27(4-3-5-32(31)39)20-33(45)35(43-37(46)49-2)34(25-16-18-50-19-17-25)24-6-10-28(38)11-7-24/h3-11,13-14,23,25,29,34-36,42H,12,15-22H2,1-2H3,(H,43,46)/t23-,29+,34+,35?/m1/s1. The second kappa shape index (κ2) is 17.4. The van der Waals surface area contributed by atoms with Gasteiger partial charge in [0.25, 0.3) is 6.43 Å². The van der Waals surface area contributed by atoms with E-state index in [1.807, 2.05) is 12.1 Å². The number of piperazine rings is 1. The fraction of sp³-hybridized carbons (Fsp3) is 0.459. The highest BCUT2D eigenvalue weighted by Gasteiger charge is 2.39. The average molecular weight is 750 g/mol. The van der Waals surface area contributed by atoms with Crippen molar-refractivity contribution in [1.29, 1.82) is 0 Å². The van der Waals surface area contributed by atoms with Crippen LogP contribution in [0.1, 0.15) is 60.8 Å². The first-order valence-corrected chi connectivity index (χ1v) is 18.8. The maximum atomic E-state index is 15.6. The Morgan fingerprint density at radius 1 is 1.02 bits per heavy atom. The van der Waals surface area contributed by atoms with E-state index >= 15 is 4.39 Å². The minimum absolute atomic E-state index is 0.0155. The summed E-state index contributed by atoms with van der Waals surface area (Å²) >= 11 is 6.19. The number of hydrogen-bond donors (Lipinski definition) is 2. The predicted octanol–water partition coefficient (Wildman–Crippen LogP) is 6.45. The monoisotopic (exact) mass is 749 g/mol. The van der Waals surface area contributed by atoms with Gasteiger partial charge < -0.3 is 20.1 Å². The van der Waals surface area contributed by atoms with Crippen LogP contribution in [0.2, 0.25) is 5.02 Å². The first kappa shape index (κ1) is 38.7. The number of benzene rings is 3. The molecular formula is C37H43ClF3N3O6S. The van der Waals surface area contributed by atoms with Crippen LogP contribution in [0.4, 0.5) is 18.0 Å². The molecule has 51 heavy (non-hydrogen) atoms. The van der Waals surface area contributed by atoms with Crippen LogP contribution in [-0.2, 0) is 37.1 Å². The van der Waals surface area contributed by atoms with Gasteiger partial charge in [-0.1, -0.05) is 48.0 Å². The Morgan fingerprint density at radius 2 is 1.69 bits per heavy atom. The summed E-state index contributed by atoms with van der Waals surface area (Å²) in [5.74, 6) is -1.34. The lowest BCUT2D eigenvalue weighted by Gasteiger charge is -2.40. The second-order valence-electron chi connectivity index (χ2n) is 13.1. The van der Waals surface area contributed by atoms with Crippen molar-refractivity contribution in [3.63, 3.8) is 0 Å². The molecule has 0 bridgehead atoms. The molecular weight excluding hydrogens is 707 g/mol. The molecule has 3 aromatic carbocycles. The first-order chi connectivity index (χ1) is 24.4. The summed E-state index contributed by atoms with van der Waals surface area (Å²) in [6, 6.07) is 14.1. The summed E-state index contributed by atoms with van der Waals surface area (Å²) < 4.78 is 81.5. The summed E-state index contributed by atoms with van der Waals surface area (Å²) in [7, 11) is -2.87. The minimum atomic E-state index is -4.09. The van der Waals surface area contributed by atoms with Crippen molar-refractivity contribution in [3.05, 3.63) is 99.8 Å². The third-order valence-electron chi connectivity index (χ3n) is 9.82. The summed E-state index contributed by atoms with van der Waals surface area (Å²) in [4.78, 5) is 26.9. The van der Waals surface area contributed by atoms with E-state index in [0.717, 1.165) is 17.7 Å². The van der Waals surface area contributed by atoms with Crippen molar-refractivity contribution in [2.45, 2.75) is 74.4 Å². The van der Waals surface area contributed by atoms with Crippen molar-refractivity contribution in [2.24, 2.45) is 5.92 Å². The molecule has 1 unspecified atom stereocenters. The van der Waals surface area contributed by atoms with Gasteiger partial charge >= 0.3 is 6.09 Å². The number of hydrogen-bond acceptors (Lipinski definition) is 7. The molecule has 0 radical (unpaired) electrons. The number of ketones is 1. The van der Waals surface area contributed by atoms with Gasteiger partial charge in [0, 0.05) is 61.3 Å². The lowest BCUT2D eigenvalue weighted by Crippen LogP contribution is -2.58. The highest BCUT2D eigenvalue weighted by Crippen LogP contribution is 2.37. The quantitative estimate of drug-likeness (QED) is 0.207. The number of alkyl halides is 2. The van der Waals surface area contributed by atoms with Gasteiger partial charge in [-0.15, -0.1) is 0 Å². The van der Waals surface area contributed by atoms with E-state index in [9.17, 15) is 26.8 Å². The number of carbonyl (C=O) groups excluding carboxylic acids is 2. The van der Waals surface area contributed by atoms with Crippen LogP contribution in [0.15, 0.2) is 71.6 Å². The molecule has 2 N–H and O–H groups in total. The average Bonchev–Trinajstić information content (AvgIpc) is 3.12. The molecule has 0 aromatic heterocycles. The number of ether oxygens (including phenoxy) is 2. The Hall–Kier alpha value is -3.49. The van der Waals surface area contributed by atoms with E-state index < -0.39 is 52.4 Å². The van der Waals surface area contributed by atoms with Gasteiger partial charge in [0.15, 0.2) is 5.78 Å². The van der Waals surface area contributed by atoms with Gasteiger partial charge in [-0.3, -0.25) is 4.79 Å². The van der Waals surface area contributed by atoms with Crippen LogP contribution in [0, 0.1) is 11.7 Å². The summed E-state index contributed by atoms with van der Waals surface area (Å²) in [6.07, 6.45) is -2.06. The maximum absolute atomic E-state index is 15.6. The Balaban J connectivity index is 1.41. The first-order valence-electron chi connectivity index (χ1n) is 17.0. The van der Waals surface area contributed by atoms with Gasteiger partial charge in [-0.25, -0.2) is 26.4 Å². The van der Waals surface area contributed by atoms with Gasteiger partial charge in [0.05, 0.1) is 18.0 Å². The molecule has 0 spiro atoms. The van der Waals surface area contributed by atoms with Crippen LogP contribution in [0.3, 0.4) is 0 Å². The van der Waals surface area contributed by atoms with Crippen LogP contribution < -0.4 is 10.6 Å². The molecule has 3 aromatic rings. The Morgan fingerprint density at radius 3 is 2.33 bits per heavy atom. The van der Waals surface area contributed by atoms with Crippen LogP contribution in [0.5, 0.6) is 0 Å². The number of halogens is 4. The minimum Gasteiger partial charge on any atom is -0.453 e. The van der Waals surface area contributed by atoms with Crippen molar-refractivity contribution < 1.29 is 40.7 Å². The number of nitrogens with zero attached hydrogens (tertiary/aromatic N) is 1. The molecule has 1 amide bonds. The van der Waals surface area contributed by atoms with E-state index in [4.69, 9.17) is 21.1 Å². The summed E-state index contributed by atoms with van der Waals surface area (Å²) in [6.45, 7) is 3.43. The number of carbonyl (C=O) groups is 2. The van der Waals surface area contributed by atoms with Gasteiger partial charge in [0.2, 0.25) is 10.0 Å². The molecule has 2 saturated heterocycles. The SMILES string of the molecule is COC(=O)NC(C(=O)Cc1cccc(F)c1CC[C@H]1CNC[C@@H](C)N1S(=O)(=O)c1ccc(C(F)F)cc1)[C@@H](c1ccc(Cl)cc1)C1CCOCC1. The van der Waals surface area contributed by atoms with E-state index in [-0.39, 0.29) is 47.0 Å². The zero-order chi connectivity index (χ0) is 36.7. The number of alkyl carbamates (subject to hydrolysis) is 1. The normalized spacial score (nSPS) is 20.1. The lowest BCUT2D eigenvalue weighted by atomic mass is 9.74. The molecule has 276 valence electrons. The van der Waals surface area contributed by atoms with Gasteiger partial charge in [-0.05, 0) is 85.5 Å². The Kier molecular flexibility index (Phi) is 13.2. The number of Topliss-reactive ketones (excluding diaryl/α,β-unsaturated/α-hetero) is 1. The van der Waals surface area contributed by atoms with Crippen LogP contribution >= 0.6 is 11.6 Å². The van der Waals surface area contributed by atoms with Crippen LogP contribution in [0.25, 0.3) is 0 Å². The molecule has 0 saturated carbocycles. The summed E-state index contributed by atoms with van der Waals surface area (Å²) in [5, 5.41) is 6.53. The molecule has 14 heteroatoms. The molecule has 5 rings (SSSR count). The van der Waals surface area contributed by atoms with Crippen molar-refractivity contribution in [1.82, 2.24) is 14.9 Å². The van der Waals surface area contributed by atoms with E-state index in [2.05, 4.69) is 10.6 Å². The van der Waals surface area contributed by atoms with Crippen LogP contribution in [-0.4, -0.2) is 76.1 Å². The molecule has 9 nitrogen and oxygen atoms in total. The Bertz CT molecular complexity index is 1760. The highest BCUT2D eigenvalue weighted by atomic mass is 35.5. The van der Waals surface area contributed by atoms with Gasteiger partial charge in [-0.2, -0.15) is 4.31 Å². The summed E-state index contributed by atoms with van der Waals surface area (Å²) in [5.41, 5.74) is 1.22. The van der Waals surface area contributed by atoms with Crippen molar-refractivity contribution in [3.8, 4) is 0 Å². The third-order valence-corrected chi connectivity index (χ3v) is 12.2. The lowest BCUT2D eigenvalue weighted by molar-refractivity contribution is -0.121. The number of methoxy groups -OCH3 is 1. The topological polar surface area (TPSA) is 114 Å². The fourth-order valence-corrected chi connectivity index (χ4v) is 9.25. The number of rotatable bonds is 13. The predicted molar refractivity (Wildman–Crippen MR) is 187 cm³/mol. The molecule has 2 fully saturated rings. The van der Waals surface area contributed by atoms with E-state index in [0.29, 0.717) is 49.7 Å². The second-order valence-corrected chi connectivity index (χ2v) is 15.3. The smallest absolute Gasteiger partial charge is 0.407 e. The molecule has 2 aliphatic rings. The molecule has 2 heterocycles. The Labute approximate surface area is 301 Å². The van der Waals surface area contributed by atoms with E-state index in [1.54, 1.807) is 25.1 Å².